The number of hydrogen-bond donors (Lipinski definition) is 1. The second kappa shape index (κ2) is 7.55. The molecule has 5 heteroatoms. The zero-order valence-corrected chi connectivity index (χ0v) is 16.0. The van der Waals surface area contributed by atoms with Gasteiger partial charge >= 0.3 is 0 Å². The van der Waals surface area contributed by atoms with Crippen molar-refractivity contribution in [2.24, 2.45) is 10.9 Å². The van der Waals surface area contributed by atoms with Crippen molar-refractivity contribution in [3.8, 4) is 0 Å². The number of hydrogen-bond acceptors (Lipinski definition) is 4. The monoisotopic (exact) mass is 379 g/mol. The number of ether oxygens (including phenoxy) is 1. The zero-order chi connectivity index (χ0) is 18.9. The van der Waals surface area contributed by atoms with E-state index >= 15 is 0 Å². The standard InChI is InChI=1S/C23H26FN3O/c24-19-7-5-18(6-8-19)22-20-4-2-1-3-16(20)11-14-27(22)23-26-21(15-28-23)17-9-12-25-13-10-17/h1-8,17,21-22,25H,9-15H2/t21-,22-/m0/s1. The first-order valence-corrected chi connectivity index (χ1v) is 10.3. The lowest BCUT2D eigenvalue weighted by Gasteiger charge is -2.38. The highest BCUT2D eigenvalue weighted by atomic mass is 19.1. The van der Waals surface area contributed by atoms with E-state index in [-0.39, 0.29) is 17.9 Å². The topological polar surface area (TPSA) is 36.9 Å². The van der Waals surface area contributed by atoms with Crippen LogP contribution in [0, 0.1) is 11.7 Å². The van der Waals surface area contributed by atoms with Gasteiger partial charge in [0.15, 0.2) is 0 Å². The number of rotatable bonds is 2. The Morgan fingerprint density at radius 3 is 2.64 bits per heavy atom. The Kier molecular flexibility index (Phi) is 4.77. The van der Waals surface area contributed by atoms with E-state index in [0.29, 0.717) is 12.5 Å². The van der Waals surface area contributed by atoms with Crippen LogP contribution in [0.2, 0.25) is 0 Å². The van der Waals surface area contributed by atoms with Gasteiger partial charge in [-0.3, -0.25) is 0 Å². The van der Waals surface area contributed by atoms with Gasteiger partial charge in [-0.2, -0.15) is 0 Å². The SMILES string of the molecule is Fc1ccc([C@H]2c3ccccc3CCN2C2=N[C@H](C3CCNCC3)CO2)cc1. The van der Waals surface area contributed by atoms with Crippen LogP contribution in [-0.4, -0.2) is 43.2 Å². The molecule has 146 valence electrons. The quantitative estimate of drug-likeness (QED) is 0.867. The molecule has 0 bridgehead atoms. The van der Waals surface area contributed by atoms with E-state index in [1.165, 1.54) is 11.1 Å². The molecule has 0 aliphatic carbocycles. The lowest BCUT2D eigenvalue weighted by Crippen LogP contribution is -2.40. The largest absolute Gasteiger partial charge is 0.463 e. The summed E-state index contributed by atoms with van der Waals surface area (Å²) in [5.74, 6) is 0.389. The maximum absolute atomic E-state index is 13.5. The molecule has 28 heavy (non-hydrogen) atoms. The van der Waals surface area contributed by atoms with Crippen LogP contribution in [0.4, 0.5) is 4.39 Å². The average Bonchev–Trinajstić information content (AvgIpc) is 3.24. The summed E-state index contributed by atoms with van der Waals surface area (Å²) in [7, 11) is 0. The maximum atomic E-state index is 13.5. The number of benzene rings is 2. The first-order chi connectivity index (χ1) is 13.8. The molecule has 2 atom stereocenters. The number of nitrogens with zero attached hydrogens (tertiary/aromatic N) is 2. The van der Waals surface area contributed by atoms with E-state index in [1.54, 1.807) is 12.1 Å². The maximum Gasteiger partial charge on any atom is 0.288 e. The zero-order valence-electron chi connectivity index (χ0n) is 16.0. The normalized spacial score (nSPS) is 25.2. The van der Waals surface area contributed by atoms with E-state index in [0.717, 1.165) is 50.5 Å². The molecule has 1 fully saturated rings. The van der Waals surface area contributed by atoms with Crippen LogP contribution in [0.25, 0.3) is 0 Å². The Hall–Kier alpha value is -2.40. The number of amidine groups is 1. The molecule has 1 saturated heterocycles. The van der Waals surface area contributed by atoms with Gasteiger partial charge in [0.05, 0.1) is 12.1 Å². The summed E-state index contributed by atoms with van der Waals surface area (Å²) in [6, 6.07) is 16.4. The molecular formula is C23H26FN3O. The Morgan fingerprint density at radius 1 is 1.04 bits per heavy atom. The molecule has 2 aromatic carbocycles. The molecule has 3 heterocycles. The van der Waals surface area contributed by atoms with Crippen molar-refractivity contribution in [2.45, 2.75) is 31.3 Å². The van der Waals surface area contributed by atoms with Crippen LogP contribution < -0.4 is 5.32 Å². The molecule has 1 N–H and O–H groups in total. The third-order valence-electron chi connectivity index (χ3n) is 6.30. The van der Waals surface area contributed by atoms with Crippen molar-refractivity contribution in [2.75, 3.05) is 26.2 Å². The Morgan fingerprint density at radius 2 is 1.82 bits per heavy atom. The molecule has 0 radical (unpaired) electrons. The number of aliphatic imine (C=N–C) groups is 1. The Bertz CT molecular complexity index is 860. The molecule has 4 nitrogen and oxygen atoms in total. The molecule has 0 spiro atoms. The van der Waals surface area contributed by atoms with Crippen LogP contribution in [0.15, 0.2) is 53.5 Å². The fourth-order valence-corrected chi connectivity index (χ4v) is 4.78. The van der Waals surface area contributed by atoms with Crippen molar-refractivity contribution < 1.29 is 9.13 Å². The van der Waals surface area contributed by atoms with Gasteiger partial charge in [-0.1, -0.05) is 36.4 Å². The Labute approximate surface area is 165 Å². The van der Waals surface area contributed by atoms with Crippen LogP contribution in [0.3, 0.4) is 0 Å². The van der Waals surface area contributed by atoms with Crippen molar-refractivity contribution in [1.82, 2.24) is 10.2 Å². The van der Waals surface area contributed by atoms with E-state index < -0.39 is 0 Å². The summed E-state index contributed by atoms with van der Waals surface area (Å²) < 4.78 is 19.7. The van der Waals surface area contributed by atoms with Gasteiger partial charge in [0.25, 0.3) is 6.02 Å². The second-order valence-corrected chi connectivity index (χ2v) is 7.97. The average molecular weight is 379 g/mol. The van der Waals surface area contributed by atoms with Gasteiger partial charge in [0.2, 0.25) is 0 Å². The predicted molar refractivity (Wildman–Crippen MR) is 108 cm³/mol. The fraction of sp³-hybridized carbons (Fsp3) is 0.435. The molecule has 0 saturated carbocycles. The van der Waals surface area contributed by atoms with E-state index in [2.05, 4.69) is 34.5 Å². The summed E-state index contributed by atoms with van der Waals surface area (Å²) in [5.41, 5.74) is 3.68. The lowest BCUT2D eigenvalue weighted by atomic mass is 9.88. The van der Waals surface area contributed by atoms with E-state index in [4.69, 9.17) is 9.73 Å². The molecule has 0 amide bonds. The lowest BCUT2D eigenvalue weighted by molar-refractivity contribution is 0.204. The number of fused-ring (bicyclic) bond motifs is 1. The Balaban J connectivity index is 1.48. The highest BCUT2D eigenvalue weighted by Gasteiger charge is 2.36. The van der Waals surface area contributed by atoms with Gasteiger partial charge in [0.1, 0.15) is 12.4 Å². The predicted octanol–water partition coefficient (Wildman–Crippen LogP) is 3.53. The van der Waals surface area contributed by atoms with Crippen LogP contribution >= 0.6 is 0 Å². The molecule has 0 unspecified atom stereocenters. The molecule has 2 aromatic rings. The third kappa shape index (κ3) is 3.28. The number of nitrogens with one attached hydrogen (secondary N) is 1. The first-order valence-electron chi connectivity index (χ1n) is 10.3. The first kappa shape index (κ1) is 17.7. The molecule has 0 aromatic heterocycles. The molecule has 3 aliphatic heterocycles. The summed E-state index contributed by atoms with van der Waals surface area (Å²) in [4.78, 5) is 7.29. The van der Waals surface area contributed by atoms with Crippen LogP contribution in [-0.2, 0) is 11.2 Å². The number of piperidine rings is 1. The van der Waals surface area contributed by atoms with Crippen LogP contribution in [0.5, 0.6) is 0 Å². The van der Waals surface area contributed by atoms with Gasteiger partial charge in [-0.05, 0) is 67.1 Å². The minimum Gasteiger partial charge on any atom is -0.463 e. The highest BCUT2D eigenvalue weighted by molar-refractivity contribution is 5.77. The van der Waals surface area contributed by atoms with Crippen LogP contribution in [0.1, 0.15) is 35.6 Å². The second-order valence-electron chi connectivity index (χ2n) is 7.97. The summed E-state index contributed by atoms with van der Waals surface area (Å²) in [6.07, 6.45) is 3.29. The van der Waals surface area contributed by atoms with Crippen molar-refractivity contribution in [3.05, 3.63) is 71.0 Å². The summed E-state index contributed by atoms with van der Waals surface area (Å²) in [5, 5.41) is 3.43. The minimum absolute atomic E-state index is 0.0103. The fourth-order valence-electron chi connectivity index (χ4n) is 4.78. The highest BCUT2D eigenvalue weighted by Crippen LogP contribution is 2.37. The van der Waals surface area contributed by atoms with E-state index in [1.807, 2.05) is 12.1 Å². The van der Waals surface area contributed by atoms with Crippen molar-refractivity contribution >= 4 is 6.02 Å². The smallest absolute Gasteiger partial charge is 0.288 e. The van der Waals surface area contributed by atoms with Gasteiger partial charge in [-0.25, -0.2) is 9.38 Å². The third-order valence-corrected chi connectivity index (χ3v) is 6.30. The molecule has 5 rings (SSSR count). The van der Waals surface area contributed by atoms with Gasteiger partial charge < -0.3 is 15.0 Å². The minimum atomic E-state index is -0.208. The molecule has 3 aliphatic rings. The molecular weight excluding hydrogens is 353 g/mol. The van der Waals surface area contributed by atoms with Crippen molar-refractivity contribution in [1.29, 1.82) is 0 Å². The summed E-state index contributed by atoms with van der Waals surface area (Å²) >= 11 is 0. The van der Waals surface area contributed by atoms with Crippen molar-refractivity contribution in [3.63, 3.8) is 0 Å². The van der Waals surface area contributed by atoms with Gasteiger partial charge in [0, 0.05) is 6.54 Å². The van der Waals surface area contributed by atoms with Gasteiger partial charge in [-0.15, -0.1) is 0 Å². The number of halogens is 1. The summed E-state index contributed by atoms with van der Waals surface area (Å²) in [6.45, 7) is 3.67. The van der Waals surface area contributed by atoms with E-state index in [9.17, 15) is 4.39 Å².